The Labute approximate surface area is 108 Å². The molecule has 0 aliphatic carbocycles. The van der Waals surface area contributed by atoms with Crippen molar-refractivity contribution in [1.82, 2.24) is 9.47 Å². The van der Waals surface area contributed by atoms with Crippen molar-refractivity contribution in [1.29, 1.82) is 0 Å². The van der Waals surface area contributed by atoms with Crippen LogP contribution in [-0.2, 0) is 11.3 Å². The molecule has 3 heteroatoms. The minimum atomic E-state index is 0.314. The number of morpholine rings is 1. The van der Waals surface area contributed by atoms with Crippen molar-refractivity contribution in [2.24, 2.45) is 0 Å². The van der Waals surface area contributed by atoms with Crippen molar-refractivity contribution in [2.75, 3.05) is 26.2 Å². The molecule has 0 N–H and O–H groups in total. The molecule has 1 aliphatic rings. The summed E-state index contributed by atoms with van der Waals surface area (Å²) >= 11 is 0. The number of fused-ring (bicyclic) bond motifs is 1. The Hall–Kier alpha value is -1.32. The van der Waals surface area contributed by atoms with Gasteiger partial charge in [-0.1, -0.05) is 25.1 Å². The maximum absolute atomic E-state index is 5.87. The van der Waals surface area contributed by atoms with Crippen LogP contribution in [0.15, 0.2) is 36.5 Å². The number of ether oxygens (including phenoxy) is 1. The summed E-state index contributed by atoms with van der Waals surface area (Å²) in [6.45, 7) is 7.25. The molecule has 18 heavy (non-hydrogen) atoms. The largest absolute Gasteiger partial charge is 0.374 e. The topological polar surface area (TPSA) is 17.4 Å². The van der Waals surface area contributed by atoms with Gasteiger partial charge in [0.1, 0.15) is 0 Å². The fraction of sp³-hybridized carbons (Fsp3) is 0.467. The third-order valence-electron chi connectivity index (χ3n) is 3.75. The molecule has 3 nitrogen and oxygen atoms in total. The lowest BCUT2D eigenvalue weighted by molar-refractivity contribution is -0.0337. The van der Waals surface area contributed by atoms with E-state index >= 15 is 0 Å². The first kappa shape index (κ1) is 11.8. The Morgan fingerprint density at radius 1 is 1.28 bits per heavy atom. The molecule has 3 rings (SSSR count). The number of hydrogen-bond donors (Lipinski definition) is 0. The van der Waals surface area contributed by atoms with E-state index in [4.69, 9.17) is 4.74 Å². The van der Waals surface area contributed by atoms with Crippen molar-refractivity contribution in [3.63, 3.8) is 0 Å². The van der Waals surface area contributed by atoms with Crippen LogP contribution in [0, 0.1) is 0 Å². The first-order chi connectivity index (χ1) is 8.86. The summed E-state index contributed by atoms with van der Waals surface area (Å²) in [6.07, 6.45) is 2.48. The third kappa shape index (κ3) is 2.28. The molecule has 2 aromatic rings. The minimum Gasteiger partial charge on any atom is -0.374 e. The Balaban J connectivity index is 1.76. The number of para-hydroxylation sites is 1. The molecule has 1 saturated heterocycles. The fourth-order valence-electron chi connectivity index (χ4n) is 2.70. The molecule has 0 radical (unpaired) electrons. The zero-order valence-corrected chi connectivity index (χ0v) is 10.9. The van der Waals surface area contributed by atoms with Gasteiger partial charge in [-0.2, -0.15) is 0 Å². The second-order valence-electron chi connectivity index (χ2n) is 4.91. The molecule has 1 atom stereocenters. The smallest absolute Gasteiger partial charge is 0.0881 e. The number of rotatable bonds is 3. The molecule has 1 unspecified atom stereocenters. The molecule has 1 aromatic carbocycles. The van der Waals surface area contributed by atoms with E-state index in [0.29, 0.717) is 6.10 Å². The Morgan fingerprint density at radius 2 is 2.17 bits per heavy atom. The van der Waals surface area contributed by atoms with Gasteiger partial charge in [0.2, 0.25) is 0 Å². The summed E-state index contributed by atoms with van der Waals surface area (Å²) in [7, 11) is 0. The van der Waals surface area contributed by atoms with Gasteiger partial charge in [0.15, 0.2) is 0 Å². The van der Waals surface area contributed by atoms with E-state index in [9.17, 15) is 0 Å². The van der Waals surface area contributed by atoms with Crippen LogP contribution in [0.4, 0.5) is 0 Å². The van der Waals surface area contributed by atoms with Crippen molar-refractivity contribution >= 4 is 10.9 Å². The maximum atomic E-state index is 5.87. The predicted molar refractivity (Wildman–Crippen MR) is 73.8 cm³/mol. The second-order valence-corrected chi connectivity index (χ2v) is 4.91. The standard InChI is InChI=1S/C15H20N2O/c1-2-16-9-10-18-14(11-16)12-17-8-7-13-5-3-4-6-15(13)17/h3-8,14H,2,9-12H2,1H3. The summed E-state index contributed by atoms with van der Waals surface area (Å²) < 4.78 is 8.17. The number of benzene rings is 1. The monoisotopic (exact) mass is 244 g/mol. The summed E-state index contributed by atoms with van der Waals surface area (Å²) in [5.74, 6) is 0. The molecule has 0 saturated carbocycles. The zero-order valence-electron chi connectivity index (χ0n) is 10.9. The van der Waals surface area contributed by atoms with Crippen LogP contribution >= 0.6 is 0 Å². The van der Waals surface area contributed by atoms with E-state index in [-0.39, 0.29) is 0 Å². The lowest BCUT2D eigenvalue weighted by atomic mass is 10.2. The van der Waals surface area contributed by atoms with Gasteiger partial charge in [0.25, 0.3) is 0 Å². The quantitative estimate of drug-likeness (QED) is 0.824. The number of nitrogens with zero attached hydrogens (tertiary/aromatic N) is 2. The highest BCUT2D eigenvalue weighted by atomic mass is 16.5. The SMILES string of the molecule is CCN1CCOC(Cn2ccc3ccccc32)C1. The van der Waals surface area contributed by atoms with E-state index in [1.807, 2.05) is 0 Å². The average molecular weight is 244 g/mol. The summed E-state index contributed by atoms with van der Waals surface area (Å²) in [6, 6.07) is 10.7. The highest BCUT2D eigenvalue weighted by molar-refractivity contribution is 5.79. The highest BCUT2D eigenvalue weighted by Crippen LogP contribution is 2.17. The van der Waals surface area contributed by atoms with Crippen molar-refractivity contribution < 1.29 is 4.74 Å². The van der Waals surface area contributed by atoms with Crippen LogP contribution < -0.4 is 0 Å². The molecule has 96 valence electrons. The first-order valence-electron chi connectivity index (χ1n) is 6.74. The fourth-order valence-corrected chi connectivity index (χ4v) is 2.70. The average Bonchev–Trinajstić information content (AvgIpc) is 2.83. The zero-order chi connectivity index (χ0) is 12.4. The molecule has 1 aliphatic heterocycles. The number of hydrogen-bond acceptors (Lipinski definition) is 2. The van der Waals surface area contributed by atoms with Gasteiger partial charge in [-0.25, -0.2) is 0 Å². The summed E-state index contributed by atoms with van der Waals surface area (Å²) in [4.78, 5) is 2.46. The van der Waals surface area contributed by atoms with Crippen LogP contribution in [0.3, 0.4) is 0 Å². The molecule has 0 spiro atoms. The van der Waals surface area contributed by atoms with Crippen LogP contribution in [-0.4, -0.2) is 41.8 Å². The van der Waals surface area contributed by atoms with Crippen molar-refractivity contribution in [3.05, 3.63) is 36.5 Å². The van der Waals surface area contributed by atoms with E-state index in [1.165, 1.54) is 10.9 Å². The van der Waals surface area contributed by atoms with Crippen LogP contribution in [0.25, 0.3) is 10.9 Å². The van der Waals surface area contributed by atoms with Crippen molar-refractivity contribution in [2.45, 2.75) is 19.6 Å². The van der Waals surface area contributed by atoms with Gasteiger partial charge >= 0.3 is 0 Å². The molecular formula is C15H20N2O. The van der Waals surface area contributed by atoms with E-state index in [2.05, 4.69) is 52.9 Å². The van der Waals surface area contributed by atoms with Crippen LogP contribution in [0.1, 0.15) is 6.92 Å². The van der Waals surface area contributed by atoms with Gasteiger partial charge in [0.05, 0.1) is 19.3 Å². The number of likely N-dealkylation sites (N-methyl/N-ethyl adjacent to an activating group) is 1. The molecule has 0 bridgehead atoms. The second kappa shape index (κ2) is 5.12. The van der Waals surface area contributed by atoms with E-state index in [0.717, 1.165) is 32.8 Å². The molecule has 1 fully saturated rings. The lowest BCUT2D eigenvalue weighted by Crippen LogP contribution is -2.43. The van der Waals surface area contributed by atoms with Gasteiger partial charge in [-0.15, -0.1) is 0 Å². The predicted octanol–water partition coefficient (Wildman–Crippen LogP) is 2.36. The minimum absolute atomic E-state index is 0.314. The first-order valence-corrected chi connectivity index (χ1v) is 6.74. The van der Waals surface area contributed by atoms with Crippen LogP contribution in [0.5, 0.6) is 0 Å². The molecule has 2 heterocycles. The Kier molecular flexibility index (Phi) is 3.35. The molecule has 0 amide bonds. The number of aromatic nitrogens is 1. The van der Waals surface area contributed by atoms with Gasteiger partial charge < -0.3 is 9.30 Å². The van der Waals surface area contributed by atoms with E-state index in [1.54, 1.807) is 0 Å². The van der Waals surface area contributed by atoms with Gasteiger partial charge in [-0.3, -0.25) is 4.90 Å². The molecule has 1 aromatic heterocycles. The highest BCUT2D eigenvalue weighted by Gasteiger charge is 2.19. The molecular weight excluding hydrogens is 224 g/mol. The maximum Gasteiger partial charge on any atom is 0.0881 e. The van der Waals surface area contributed by atoms with Gasteiger partial charge in [0, 0.05) is 24.8 Å². The lowest BCUT2D eigenvalue weighted by Gasteiger charge is -2.32. The Morgan fingerprint density at radius 3 is 3.06 bits per heavy atom. The van der Waals surface area contributed by atoms with Crippen molar-refractivity contribution in [3.8, 4) is 0 Å². The van der Waals surface area contributed by atoms with E-state index < -0.39 is 0 Å². The summed E-state index contributed by atoms with van der Waals surface area (Å²) in [5, 5.41) is 1.31. The third-order valence-corrected chi connectivity index (χ3v) is 3.75. The van der Waals surface area contributed by atoms with Gasteiger partial charge in [-0.05, 0) is 24.1 Å². The van der Waals surface area contributed by atoms with Crippen LogP contribution in [0.2, 0.25) is 0 Å². The summed E-state index contributed by atoms with van der Waals surface area (Å²) in [5.41, 5.74) is 1.30. The normalized spacial score (nSPS) is 21.5. The Bertz CT molecular complexity index is 520.